The van der Waals surface area contributed by atoms with Gasteiger partial charge < -0.3 is 15.3 Å². The summed E-state index contributed by atoms with van der Waals surface area (Å²) < 4.78 is 0. The molecule has 1 saturated carbocycles. The molecule has 1 aromatic carbocycles. The summed E-state index contributed by atoms with van der Waals surface area (Å²) in [5.41, 5.74) is 1.41. The normalized spacial score (nSPS) is 25.3. The van der Waals surface area contributed by atoms with Gasteiger partial charge in [0.05, 0.1) is 0 Å². The molecule has 1 saturated heterocycles. The summed E-state index contributed by atoms with van der Waals surface area (Å²) >= 11 is 0. The Labute approximate surface area is 147 Å². The number of rotatable bonds is 4. The molecule has 25 heavy (non-hydrogen) atoms. The Morgan fingerprint density at radius 3 is 2.48 bits per heavy atom. The summed E-state index contributed by atoms with van der Waals surface area (Å²) in [4.78, 5) is 37.2. The van der Waals surface area contributed by atoms with Crippen LogP contribution < -0.4 is 5.32 Å². The van der Waals surface area contributed by atoms with E-state index < -0.39 is 12.0 Å². The minimum atomic E-state index is -0.912. The fourth-order valence-electron chi connectivity index (χ4n) is 4.11. The van der Waals surface area contributed by atoms with E-state index in [-0.39, 0.29) is 17.9 Å². The lowest BCUT2D eigenvalue weighted by Crippen LogP contribution is -2.46. The molecule has 0 radical (unpaired) electrons. The van der Waals surface area contributed by atoms with Crippen LogP contribution in [0.3, 0.4) is 0 Å². The first-order valence-electron chi connectivity index (χ1n) is 8.86. The van der Waals surface area contributed by atoms with Gasteiger partial charge in [-0.1, -0.05) is 25.0 Å². The molecule has 1 heterocycles. The van der Waals surface area contributed by atoms with Gasteiger partial charge in [0.25, 0.3) is 5.91 Å². The summed E-state index contributed by atoms with van der Waals surface area (Å²) in [6, 6.07) is 6.35. The second kappa shape index (κ2) is 7.25. The van der Waals surface area contributed by atoms with E-state index in [0.717, 1.165) is 31.2 Å². The average molecular weight is 344 g/mol. The van der Waals surface area contributed by atoms with Crippen LogP contribution in [0.25, 0.3) is 0 Å². The molecule has 1 aromatic rings. The smallest absolute Gasteiger partial charge is 0.326 e. The van der Waals surface area contributed by atoms with Gasteiger partial charge in [-0.05, 0) is 42.9 Å². The average Bonchev–Trinajstić information content (AvgIpc) is 2.99. The SMILES string of the molecule is CC(=O)NCc1ccc(C(=O)N2C(C(=O)O)CC3CCCCC32)cc1. The monoisotopic (exact) mass is 344 g/mol. The Morgan fingerprint density at radius 1 is 1.16 bits per heavy atom. The number of carboxylic acids is 1. The number of aliphatic carboxylic acids is 1. The number of carbonyl (C=O) groups excluding carboxylic acids is 2. The molecule has 2 N–H and O–H groups in total. The number of carboxylic acid groups (broad SMARTS) is 1. The van der Waals surface area contributed by atoms with Crippen molar-refractivity contribution in [2.75, 3.05) is 0 Å². The van der Waals surface area contributed by atoms with Crippen LogP contribution in [-0.2, 0) is 16.1 Å². The largest absolute Gasteiger partial charge is 0.480 e. The minimum absolute atomic E-state index is 0.0430. The van der Waals surface area contributed by atoms with E-state index in [1.165, 1.54) is 6.92 Å². The summed E-state index contributed by atoms with van der Waals surface area (Å²) in [5, 5.41) is 12.3. The van der Waals surface area contributed by atoms with Crippen molar-refractivity contribution in [3.63, 3.8) is 0 Å². The molecule has 6 heteroatoms. The maximum absolute atomic E-state index is 13.0. The Kier molecular flexibility index (Phi) is 5.06. The Balaban J connectivity index is 1.78. The third-order valence-corrected chi connectivity index (χ3v) is 5.35. The predicted octanol–water partition coefficient (Wildman–Crippen LogP) is 2.18. The number of nitrogens with one attached hydrogen (secondary N) is 1. The number of hydrogen-bond donors (Lipinski definition) is 2. The van der Waals surface area contributed by atoms with Crippen LogP contribution in [0.2, 0.25) is 0 Å². The van der Waals surface area contributed by atoms with Gasteiger partial charge in [-0.15, -0.1) is 0 Å². The van der Waals surface area contributed by atoms with E-state index in [9.17, 15) is 19.5 Å². The topological polar surface area (TPSA) is 86.7 Å². The number of benzene rings is 1. The molecule has 6 nitrogen and oxygen atoms in total. The molecular weight excluding hydrogens is 320 g/mol. The van der Waals surface area contributed by atoms with Crippen molar-refractivity contribution in [3.05, 3.63) is 35.4 Å². The van der Waals surface area contributed by atoms with Crippen molar-refractivity contribution in [2.45, 2.75) is 57.7 Å². The standard InChI is InChI=1S/C19H24N2O4/c1-12(22)20-11-13-6-8-14(9-7-13)18(23)21-16-5-3-2-4-15(16)10-17(21)19(24)25/h6-9,15-17H,2-5,10-11H2,1H3,(H,20,22)(H,24,25). The second-order valence-electron chi connectivity index (χ2n) is 7.02. The lowest BCUT2D eigenvalue weighted by molar-refractivity contribution is -0.141. The van der Waals surface area contributed by atoms with Crippen LogP contribution in [0, 0.1) is 5.92 Å². The number of fused-ring (bicyclic) bond motifs is 1. The van der Waals surface area contributed by atoms with Crippen LogP contribution in [0.15, 0.2) is 24.3 Å². The highest BCUT2D eigenvalue weighted by Crippen LogP contribution is 2.40. The van der Waals surface area contributed by atoms with Gasteiger partial charge >= 0.3 is 5.97 Å². The highest BCUT2D eigenvalue weighted by Gasteiger charge is 2.47. The minimum Gasteiger partial charge on any atom is -0.480 e. The van der Waals surface area contributed by atoms with Crippen molar-refractivity contribution in [1.82, 2.24) is 10.2 Å². The second-order valence-corrected chi connectivity index (χ2v) is 7.02. The van der Waals surface area contributed by atoms with Gasteiger partial charge in [0.1, 0.15) is 6.04 Å². The van der Waals surface area contributed by atoms with Crippen molar-refractivity contribution >= 4 is 17.8 Å². The Bertz CT molecular complexity index is 671. The highest BCUT2D eigenvalue weighted by molar-refractivity contribution is 5.97. The molecule has 134 valence electrons. The van der Waals surface area contributed by atoms with Gasteiger partial charge in [-0.25, -0.2) is 4.79 Å². The molecule has 1 aliphatic heterocycles. The van der Waals surface area contributed by atoms with Gasteiger partial charge in [0, 0.05) is 25.1 Å². The fraction of sp³-hybridized carbons (Fsp3) is 0.526. The van der Waals surface area contributed by atoms with Gasteiger partial charge in [0.15, 0.2) is 0 Å². The van der Waals surface area contributed by atoms with Gasteiger partial charge in [-0.3, -0.25) is 9.59 Å². The van der Waals surface area contributed by atoms with Gasteiger partial charge in [-0.2, -0.15) is 0 Å². The first-order chi connectivity index (χ1) is 12.0. The van der Waals surface area contributed by atoms with Crippen molar-refractivity contribution in [1.29, 1.82) is 0 Å². The number of nitrogens with zero attached hydrogens (tertiary/aromatic N) is 1. The zero-order valence-corrected chi connectivity index (χ0v) is 14.4. The molecule has 0 aromatic heterocycles. The third-order valence-electron chi connectivity index (χ3n) is 5.35. The van der Waals surface area contributed by atoms with E-state index >= 15 is 0 Å². The molecule has 2 fully saturated rings. The van der Waals surface area contributed by atoms with E-state index in [4.69, 9.17) is 0 Å². The van der Waals surface area contributed by atoms with Crippen LogP contribution in [0.5, 0.6) is 0 Å². The van der Waals surface area contributed by atoms with Crippen LogP contribution in [-0.4, -0.2) is 39.9 Å². The fourth-order valence-corrected chi connectivity index (χ4v) is 4.11. The maximum atomic E-state index is 13.0. The van der Waals surface area contributed by atoms with Gasteiger partial charge in [0.2, 0.25) is 5.91 Å². The lowest BCUT2D eigenvalue weighted by Gasteiger charge is -2.33. The molecule has 2 amide bonds. The first kappa shape index (κ1) is 17.5. The summed E-state index contributed by atoms with van der Waals surface area (Å²) in [6.45, 7) is 1.87. The molecule has 0 spiro atoms. The Hall–Kier alpha value is -2.37. The molecular formula is C19H24N2O4. The van der Waals surface area contributed by atoms with Crippen LogP contribution in [0.4, 0.5) is 0 Å². The van der Waals surface area contributed by atoms with Crippen LogP contribution in [0.1, 0.15) is 54.9 Å². The zero-order chi connectivity index (χ0) is 18.0. The van der Waals surface area contributed by atoms with Crippen molar-refractivity contribution < 1.29 is 19.5 Å². The summed E-state index contributed by atoms with van der Waals surface area (Å²) in [5.74, 6) is -0.916. The highest BCUT2D eigenvalue weighted by atomic mass is 16.4. The maximum Gasteiger partial charge on any atom is 0.326 e. The molecule has 0 bridgehead atoms. The third kappa shape index (κ3) is 3.67. The van der Waals surface area contributed by atoms with Crippen molar-refractivity contribution in [3.8, 4) is 0 Å². The quantitative estimate of drug-likeness (QED) is 0.876. The molecule has 3 atom stereocenters. The Morgan fingerprint density at radius 2 is 1.84 bits per heavy atom. The van der Waals surface area contributed by atoms with Crippen molar-refractivity contribution in [2.24, 2.45) is 5.92 Å². The molecule has 3 unspecified atom stereocenters. The molecule has 2 aliphatic rings. The molecule has 3 rings (SSSR count). The summed E-state index contributed by atoms with van der Waals surface area (Å²) in [6.07, 6.45) is 4.63. The number of carbonyl (C=O) groups is 3. The predicted molar refractivity (Wildman–Crippen MR) is 91.9 cm³/mol. The number of hydrogen-bond acceptors (Lipinski definition) is 3. The first-order valence-corrected chi connectivity index (χ1v) is 8.86. The van der Waals surface area contributed by atoms with E-state index in [0.29, 0.717) is 24.4 Å². The van der Waals surface area contributed by atoms with E-state index in [1.54, 1.807) is 29.2 Å². The zero-order valence-electron chi connectivity index (χ0n) is 14.4. The number of likely N-dealkylation sites (tertiary alicyclic amines) is 1. The van der Waals surface area contributed by atoms with E-state index in [2.05, 4.69) is 5.32 Å². The summed E-state index contributed by atoms with van der Waals surface area (Å²) in [7, 11) is 0. The molecule has 1 aliphatic carbocycles. The van der Waals surface area contributed by atoms with E-state index in [1.807, 2.05) is 0 Å². The lowest BCUT2D eigenvalue weighted by atomic mass is 9.84. The van der Waals surface area contributed by atoms with Crippen LogP contribution >= 0.6 is 0 Å². The number of amides is 2.